The number of cyclic esters (lactones) is 1. The minimum Gasteiger partial charge on any atom is -0.458 e. The first kappa shape index (κ1) is 94.1. The van der Waals surface area contributed by atoms with Gasteiger partial charge in [0.2, 0.25) is 82.7 Å². The number of amides is 17. The molecule has 4 aromatic rings. The Morgan fingerprint density at radius 1 is 0.567 bits per heavy atom. The maximum Gasteiger partial charge on any atom is 0.410 e. The Hall–Kier alpha value is -13.0. The van der Waals surface area contributed by atoms with E-state index in [4.69, 9.17) is 14.5 Å². The van der Waals surface area contributed by atoms with Crippen LogP contribution < -0.4 is 21.5 Å². The summed E-state index contributed by atoms with van der Waals surface area (Å²) < 4.78 is 12.9. The summed E-state index contributed by atoms with van der Waals surface area (Å²) in [4.78, 5) is 269. The molecule has 648 valence electrons. The van der Waals surface area contributed by atoms with E-state index in [1.807, 2.05) is 24.3 Å². The van der Waals surface area contributed by atoms with E-state index in [1.54, 1.807) is 46.8 Å². The first-order valence-corrected chi connectivity index (χ1v) is 38.4. The Morgan fingerprint density at radius 2 is 1.02 bits per heavy atom. The van der Waals surface area contributed by atoms with Crippen LogP contribution in [0.5, 0.6) is 0 Å². The topological polar surface area (TPSA) is 459 Å². The number of ether oxygens (including phenoxy) is 2. The molecule has 40 heteroatoms. The lowest BCUT2D eigenvalue weighted by molar-refractivity contribution is -0.172. The van der Waals surface area contributed by atoms with Gasteiger partial charge in [-0.2, -0.15) is 0 Å². The molecule has 2 aromatic carbocycles. The lowest BCUT2D eigenvalue weighted by Gasteiger charge is -2.31. The summed E-state index contributed by atoms with van der Waals surface area (Å²) in [6, 6.07) is 11.9. The van der Waals surface area contributed by atoms with Crippen molar-refractivity contribution in [1.82, 2.24) is 83.9 Å². The minimum atomic E-state index is -2.05. The Morgan fingerprint density at radius 3 is 1.46 bits per heavy atom. The number of imide groups is 1. The number of para-hydroxylation sites is 1. The molecule has 3 aliphatic rings. The van der Waals surface area contributed by atoms with Crippen LogP contribution in [-0.2, 0) is 129 Å². The number of benzene rings is 2. The monoisotopic (exact) mass is 1670 g/mol. The number of aliphatic hydroxyl groups is 1. The highest BCUT2D eigenvalue weighted by molar-refractivity contribution is 6.14. The van der Waals surface area contributed by atoms with Gasteiger partial charge in [0, 0.05) is 138 Å². The summed E-state index contributed by atoms with van der Waals surface area (Å²) in [5.41, 5.74) is 1.63. The smallest absolute Gasteiger partial charge is 0.410 e. The van der Waals surface area contributed by atoms with Gasteiger partial charge in [0.15, 0.2) is 5.60 Å². The quantitative estimate of drug-likeness (QED) is 0.0233. The number of carbonyl (C=O) groups excluding carboxylic acids is 18. The number of pyridine rings is 2. The van der Waals surface area contributed by atoms with Crippen molar-refractivity contribution in [3.63, 3.8) is 0 Å². The normalized spacial score (nSPS) is 13.8. The summed E-state index contributed by atoms with van der Waals surface area (Å²) >= 11 is 0. The van der Waals surface area contributed by atoms with Gasteiger partial charge >= 0.3 is 12.1 Å². The number of aromatic nitrogens is 2. The average Bonchev–Trinajstić information content (AvgIpc) is 1.53. The van der Waals surface area contributed by atoms with Gasteiger partial charge in [0.05, 0.1) is 101 Å². The molecule has 17 amide bonds. The van der Waals surface area contributed by atoms with Crippen molar-refractivity contribution in [2.24, 2.45) is 5.92 Å². The van der Waals surface area contributed by atoms with Crippen molar-refractivity contribution in [2.75, 3.05) is 168 Å². The van der Waals surface area contributed by atoms with Crippen LogP contribution in [0, 0.1) is 5.92 Å². The molecule has 1 unspecified atom stereocenters. The molecule has 40 nitrogen and oxygen atoms in total. The molecule has 2 aromatic heterocycles. The fraction of sp³-hybridized carbons (Fsp3) is 0.500. The molecule has 0 aliphatic carbocycles. The summed E-state index contributed by atoms with van der Waals surface area (Å²) in [5, 5.41) is 20.0. The fourth-order valence-electron chi connectivity index (χ4n) is 12.9. The van der Waals surface area contributed by atoms with Gasteiger partial charge in [-0.25, -0.2) is 14.6 Å². The highest BCUT2D eigenvalue weighted by atomic mass is 16.6. The second-order valence-corrected chi connectivity index (χ2v) is 30.6. The second kappa shape index (κ2) is 40.9. The Kier molecular flexibility index (Phi) is 32.1. The number of rotatable bonds is 37. The average molecular weight is 1670 g/mol. The minimum absolute atomic E-state index is 0.0487. The van der Waals surface area contributed by atoms with E-state index in [0.717, 1.165) is 67.2 Å². The molecule has 0 saturated carbocycles. The van der Waals surface area contributed by atoms with Crippen molar-refractivity contribution in [2.45, 2.75) is 98.4 Å². The summed E-state index contributed by atoms with van der Waals surface area (Å²) in [6.45, 7) is 2.95. The predicted octanol–water partition coefficient (Wildman–Crippen LogP) is -2.65. The molecular formula is C80H106N18O22. The number of nitrogens with zero attached hydrogens (tertiary/aromatic N) is 15. The Labute approximate surface area is 693 Å². The fourth-order valence-corrected chi connectivity index (χ4v) is 12.9. The highest BCUT2D eigenvalue weighted by Crippen LogP contribution is 2.41. The van der Waals surface area contributed by atoms with Gasteiger partial charge < -0.3 is 93.9 Å². The molecule has 3 aliphatic heterocycles. The summed E-state index contributed by atoms with van der Waals surface area (Å²) in [5.74, 6) is -11.9. The van der Waals surface area contributed by atoms with Crippen LogP contribution in [0.4, 0.5) is 10.5 Å². The Balaban J connectivity index is 0.946. The SMILES string of the molecule is CC[C@@]1(O)C(=O)OCc2c1cc1n(c2=O)Cc2c-1nc1ccccc1c2CCN(C(=O)OCc1ccc(NC(=O)CNC(=O)C(NC(=O)CN2C(=O)C=CC2=O)C(C)C)cc1CN(C)C(=O)CN(C)C(=O)CN(C)C(=O)CN(C)C(=O)CN(C)C(=O)CN(C)C(=O)CN(C)C(=O)CN(C)C(=O)CN(C)C(=O)CN(C)C(=O)CN(C)C(C)=O)C(C)C. The predicted molar refractivity (Wildman–Crippen MR) is 429 cm³/mol. The zero-order valence-corrected chi connectivity index (χ0v) is 70.7. The first-order valence-electron chi connectivity index (χ1n) is 38.4. The number of likely N-dealkylation sites (N-methyl/N-ethyl adjacent to an activating group) is 11. The van der Waals surface area contributed by atoms with E-state index >= 15 is 0 Å². The van der Waals surface area contributed by atoms with Crippen LogP contribution in [-0.4, -0.2) is 360 Å². The van der Waals surface area contributed by atoms with E-state index in [1.165, 1.54) is 116 Å². The molecule has 0 saturated heterocycles. The second-order valence-electron chi connectivity index (χ2n) is 30.6. The molecule has 0 bridgehead atoms. The van der Waals surface area contributed by atoms with Crippen molar-refractivity contribution in [3.8, 4) is 11.4 Å². The third-order valence-electron chi connectivity index (χ3n) is 20.8. The number of nitrogens with one attached hydrogen (secondary N) is 3. The third kappa shape index (κ3) is 23.7. The van der Waals surface area contributed by atoms with Gasteiger partial charge in [-0.05, 0) is 73.6 Å². The first-order chi connectivity index (χ1) is 56.3. The molecule has 5 heterocycles. The molecule has 0 fully saturated rings. The number of anilines is 1. The van der Waals surface area contributed by atoms with Crippen molar-refractivity contribution in [1.29, 1.82) is 0 Å². The number of carbonyl (C=O) groups is 18. The number of hydrogen-bond donors (Lipinski definition) is 4. The number of esters is 1. The van der Waals surface area contributed by atoms with Gasteiger partial charge in [0.25, 0.3) is 17.4 Å². The van der Waals surface area contributed by atoms with Crippen molar-refractivity contribution >= 4 is 123 Å². The molecule has 4 N–H and O–H groups in total. The molecule has 2 atom stereocenters. The van der Waals surface area contributed by atoms with E-state index < -0.39 is 195 Å². The van der Waals surface area contributed by atoms with Gasteiger partial charge in [-0.15, -0.1) is 0 Å². The van der Waals surface area contributed by atoms with Gasteiger partial charge in [-0.1, -0.05) is 45.0 Å². The van der Waals surface area contributed by atoms with Crippen molar-refractivity contribution in [3.05, 3.63) is 104 Å². The van der Waals surface area contributed by atoms with Crippen LogP contribution in [0.2, 0.25) is 0 Å². The molecule has 0 radical (unpaired) electrons. The Bertz CT molecular complexity index is 4810. The maximum atomic E-state index is 14.5. The molecule has 0 spiro atoms. The van der Waals surface area contributed by atoms with Crippen LogP contribution in [0.3, 0.4) is 0 Å². The summed E-state index contributed by atoms with van der Waals surface area (Å²) in [6.07, 6.45) is 1.48. The van der Waals surface area contributed by atoms with Gasteiger partial charge in [0.1, 0.15) is 25.8 Å². The van der Waals surface area contributed by atoms with E-state index in [2.05, 4.69) is 16.0 Å². The molecule has 7 rings (SSSR count). The van der Waals surface area contributed by atoms with Crippen LogP contribution in [0.15, 0.2) is 65.5 Å². The van der Waals surface area contributed by atoms with Crippen molar-refractivity contribution < 1.29 is 101 Å². The van der Waals surface area contributed by atoms with Crippen LogP contribution in [0.25, 0.3) is 22.3 Å². The number of fused-ring (bicyclic) bond motifs is 5. The number of hydrogen-bond acceptors (Lipinski definition) is 23. The highest BCUT2D eigenvalue weighted by Gasteiger charge is 2.46. The molecular weight excluding hydrogens is 1560 g/mol. The zero-order valence-electron chi connectivity index (χ0n) is 70.7. The third-order valence-corrected chi connectivity index (χ3v) is 20.8. The van der Waals surface area contributed by atoms with Crippen LogP contribution in [0.1, 0.15) is 81.3 Å². The zero-order chi connectivity index (χ0) is 89.4. The van der Waals surface area contributed by atoms with Crippen LogP contribution >= 0.6 is 0 Å². The summed E-state index contributed by atoms with van der Waals surface area (Å²) in [7, 11) is 14.7. The standard InChI is InChI=1S/C80H106N18O22/c1-18-80(118)57-30-59-75-55(33-97(59)77(115)56(57)46-119-78(80)116)53(54-21-19-20-22-58(54)83-75)27-28-96(48(4)5)79(117)120-45-50-23-24-52(82-60(100)31-81-76(114)74(47(2)3)84-61(101)34-98-62(102)25-26-63(98)103)29-51(50)32-86(8)65(105)36-88(10)67(107)38-90(12)69(109)40-92(14)71(111)42-94(16)73(113)44-95(17)72(112)43-93(15)70(110)41-91(13)68(108)39-89(11)66(106)37-87(9)64(104)35-85(7)49(6)99/h19-26,29-30,47-48,74,118H,18,27-28,31-46H2,1-17H3,(H,81,114)(H,82,100)(H,84,101)/t74?,80-/m0/s1. The maximum absolute atomic E-state index is 14.5. The molecule has 120 heavy (non-hydrogen) atoms. The van der Waals surface area contributed by atoms with E-state index in [9.17, 15) is 96.2 Å². The van der Waals surface area contributed by atoms with Gasteiger partial charge in [-0.3, -0.25) is 86.4 Å². The lowest BCUT2D eigenvalue weighted by atomic mass is 9.86. The largest absolute Gasteiger partial charge is 0.458 e. The van der Waals surface area contributed by atoms with E-state index in [-0.39, 0.29) is 81.5 Å². The lowest BCUT2D eigenvalue weighted by Crippen LogP contribution is -2.53. The van der Waals surface area contributed by atoms with E-state index in [0.29, 0.717) is 38.5 Å².